The molecule has 0 aromatic heterocycles. The summed E-state index contributed by atoms with van der Waals surface area (Å²) in [5.74, 6) is 0. The lowest BCUT2D eigenvalue weighted by atomic mass is 9.66. The average molecular weight is 356 g/mol. The predicted molar refractivity (Wildman–Crippen MR) is 105 cm³/mol. The summed E-state index contributed by atoms with van der Waals surface area (Å²) >= 11 is 0. The van der Waals surface area contributed by atoms with Gasteiger partial charge >= 0.3 is 6.03 Å². The average Bonchev–Trinajstić information content (AvgIpc) is 2.91. The molecule has 1 aromatic carbocycles. The molecule has 1 spiro atoms. The quantitative estimate of drug-likeness (QED) is 0.887. The van der Waals surface area contributed by atoms with Crippen molar-refractivity contribution >= 4 is 6.03 Å². The fraction of sp³-hybridized carbons (Fsp3) is 0.682. The monoisotopic (exact) mass is 355 g/mol. The number of rotatable bonds is 4. The molecule has 4 nitrogen and oxygen atoms in total. The van der Waals surface area contributed by atoms with Crippen LogP contribution in [0.3, 0.4) is 0 Å². The molecule has 2 aliphatic carbocycles. The van der Waals surface area contributed by atoms with Gasteiger partial charge in [-0.05, 0) is 63.6 Å². The van der Waals surface area contributed by atoms with Crippen molar-refractivity contribution in [1.29, 1.82) is 0 Å². The van der Waals surface area contributed by atoms with Crippen LogP contribution in [-0.4, -0.2) is 48.6 Å². The van der Waals surface area contributed by atoms with Gasteiger partial charge in [-0.3, -0.25) is 4.90 Å². The molecular weight excluding hydrogens is 322 g/mol. The second-order valence-corrected chi connectivity index (χ2v) is 9.43. The van der Waals surface area contributed by atoms with E-state index in [9.17, 15) is 4.79 Å². The van der Waals surface area contributed by atoms with Crippen LogP contribution in [0.5, 0.6) is 0 Å². The van der Waals surface area contributed by atoms with Crippen LogP contribution in [0.4, 0.5) is 4.79 Å². The van der Waals surface area contributed by atoms with Gasteiger partial charge in [0.05, 0.1) is 5.54 Å². The second kappa shape index (κ2) is 6.26. The molecule has 1 saturated heterocycles. The summed E-state index contributed by atoms with van der Waals surface area (Å²) in [6.07, 6.45) is 8.20. The number of benzene rings is 1. The van der Waals surface area contributed by atoms with Crippen LogP contribution in [0.1, 0.15) is 57.4 Å². The van der Waals surface area contributed by atoms with Gasteiger partial charge in [-0.15, -0.1) is 0 Å². The van der Waals surface area contributed by atoms with Crippen molar-refractivity contribution in [2.45, 2.75) is 62.9 Å². The van der Waals surface area contributed by atoms with Crippen LogP contribution in [0.15, 0.2) is 30.3 Å². The third-order valence-electron chi connectivity index (χ3n) is 7.66. The van der Waals surface area contributed by atoms with Crippen molar-refractivity contribution in [1.82, 2.24) is 15.1 Å². The summed E-state index contributed by atoms with van der Waals surface area (Å²) in [7, 11) is 4.41. The Bertz CT molecular complexity index is 657. The van der Waals surface area contributed by atoms with Crippen LogP contribution in [0.25, 0.3) is 0 Å². The van der Waals surface area contributed by atoms with Crippen LogP contribution in [0.2, 0.25) is 0 Å². The Kier molecular flexibility index (Phi) is 4.30. The third-order valence-corrected chi connectivity index (χ3v) is 7.66. The minimum Gasteiger partial charge on any atom is -0.336 e. The minimum atomic E-state index is 0.0178. The first-order valence-corrected chi connectivity index (χ1v) is 10.2. The van der Waals surface area contributed by atoms with E-state index in [1.165, 1.54) is 24.8 Å². The van der Waals surface area contributed by atoms with Crippen molar-refractivity contribution in [3.8, 4) is 0 Å². The number of hydrogen-bond acceptors (Lipinski definition) is 2. The smallest absolute Gasteiger partial charge is 0.318 e. The molecule has 26 heavy (non-hydrogen) atoms. The summed E-state index contributed by atoms with van der Waals surface area (Å²) in [6, 6.07) is 11.1. The van der Waals surface area contributed by atoms with E-state index in [2.05, 4.69) is 66.5 Å². The first-order valence-electron chi connectivity index (χ1n) is 10.2. The molecule has 1 heterocycles. The zero-order chi connectivity index (χ0) is 18.4. The van der Waals surface area contributed by atoms with E-state index in [1.54, 1.807) is 0 Å². The Morgan fingerprint density at radius 2 is 1.69 bits per heavy atom. The zero-order valence-electron chi connectivity index (χ0n) is 16.6. The normalized spacial score (nSPS) is 33.4. The van der Waals surface area contributed by atoms with Gasteiger partial charge in [0.15, 0.2) is 0 Å². The summed E-state index contributed by atoms with van der Waals surface area (Å²) in [4.78, 5) is 17.3. The van der Waals surface area contributed by atoms with Crippen molar-refractivity contribution in [3.63, 3.8) is 0 Å². The fourth-order valence-electron chi connectivity index (χ4n) is 5.52. The second-order valence-electron chi connectivity index (χ2n) is 9.43. The van der Waals surface area contributed by atoms with E-state index in [-0.39, 0.29) is 17.1 Å². The first-order chi connectivity index (χ1) is 12.4. The topological polar surface area (TPSA) is 35.6 Å². The highest BCUT2D eigenvalue weighted by Gasteiger charge is 2.53. The van der Waals surface area contributed by atoms with E-state index in [1.807, 2.05) is 0 Å². The highest BCUT2D eigenvalue weighted by Crippen LogP contribution is 2.49. The van der Waals surface area contributed by atoms with Crippen molar-refractivity contribution < 1.29 is 4.79 Å². The van der Waals surface area contributed by atoms with Gasteiger partial charge < -0.3 is 10.2 Å². The van der Waals surface area contributed by atoms with Crippen LogP contribution >= 0.6 is 0 Å². The molecular formula is C22H33N3O. The number of nitrogens with zero attached hydrogens (tertiary/aromatic N) is 2. The lowest BCUT2D eigenvalue weighted by Crippen LogP contribution is -2.57. The van der Waals surface area contributed by atoms with E-state index >= 15 is 0 Å². The van der Waals surface area contributed by atoms with Crippen LogP contribution in [0, 0.1) is 5.41 Å². The van der Waals surface area contributed by atoms with E-state index in [0.717, 1.165) is 38.8 Å². The minimum absolute atomic E-state index is 0.0178. The highest BCUT2D eigenvalue weighted by molar-refractivity contribution is 5.78. The van der Waals surface area contributed by atoms with Gasteiger partial charge in [-0.1, -0.05) is 43.7 Å². The molecule has 0 unspecified atom stereocenters. The molecule has 2 saturated carbocycles. The molecule has 2 amide bonds. The van der Waals surface area contributed by atoms with Crippen LogP contribution < -0.4 is 5.32 Å². The van der Waals surface area contributed by atoms with Gasteiger partial charge in [0.1, 0.15) is 0 Å². The van der Waals surface area contributed by atoms with Crippen molar-refractivity contribution in [2.24, 2.45) is 5.41 Å². The van der Waals surface area contributed by atoms with Gasteiger partial charge in [0.25, 0.3) is 0 Å². The molecule has 4 rings (SSSR count). The molecule has 0 atom stereocenters. The largest absolute Gasteiger partial charge is 0.336 e. The SMILES string of the molecule is CN(C)C1(c2ccccc2)CCC2(CC1)CNC(=O)N2CC1(C)CCC1. The molecule has 3 aliphatic rings. The number of nitrogens with one attached hydrogen (secondary N) is 1. The van der Waals surface area contributed by atoms with Gasteiger partial charge in [0.2, 0.25) is 0 Å². The molecule has 1 N–H and O–H groups in total. The molecule has 1 aliphatic heterocycles. The number of urea groups is 1. The standard InChI is InChI=1S/C22H33N3O/c1-20(10-7-11-20)17-25-19(26)23-16-21(25)12-14-22(15-13-21,24(2)3)18-8-5-4-6-9-18/h4-6,8-9H,7,10-17H2,1-3H3,(H,23,26). The molecule has 0 bridgehead atoms. The molecule has 142 valence electrons. The Hall–Kier alpha value is -1.55. The van der Waals surface area contributed by atoms with Gasteiger partial charge in [-0.2, -0.15) is 0 Å². The summed E-state index contributed by atoms with van der Waals surface area (Å²) < 4.78 is 0. The lowest BCUT2D eigenvalue weighted by molar-refractivity contribution is 0.000308. The molecule has 0 radical (unpaired) electrons. The maximum atomic E-state index is 12.6. The summed E-state index contributed by atoms with van der Waals surface area (Å²) in [6.45, 7) is 4.10. The van der Waals surface area contributed by atoms with Gasteiger partial charge in [0, 0.05) is 18.6 Å². The van der Waals surface area contributed by atoms with Crippen molar-refractivity contribution in [2.75, 3.05) is 27.2 Å². The highest BCUT2D eigenvalue weighted by atomic mass is 16.2. The first kappa shape index (κ1) is 17.8. The molecule has 4 heteroatoms. The predicted octanol–water partition coefficient (Wildman–Crippen LogP) is 3.97. The summed E-state index contributed by atoms with van der Waals surface area (Å²) in [5, 5.41) is 3.17. The molecule has 3 fully saturated rings. The maximum Gasteiger partial charge on any atom is 0.318 e. The fourth-order valence-corrected chi connectivity index (χ4v) is 5.52. The number of carbonyl (C=O) groups is 1. The lowest BCUT2D eigenvalue weighted by Gasteiger charge is -2.53. The number of carbonyl (C=O) groups excluding carboxylic acids is 1. The Labute approximate surface area is 157 Å². The Morgan fingerprint density at radius 1 is 1.04 bits per heavy atom. The third kappa shape index (κ3) is 2.74. The van der Waals surface area contributed by atoms with E-state index in [4.69, 9.17) is 0 Å². The van der Waals surface area contributed by atoms with Gasteiger partial charge in [-0.25, -0.2) is 4.79 Å². The van der Waals surface area contributed by atoms with Crippen LogP contribution in [-0.2, 0) is 5.54 Å². The molecule has 1 aromatic rings. The number of hydrogen-bond donors (Lipinski definition) is 1. The zero-order valence-corrected chi connectivity index (χ0v) is 16.6. The van der Waals surface area contributed by atoms with Crippen molar-refractivity contribution in [3.05, 3.63) is 35.9 Å². The van der Waals surface area contributed by atoms with E-state index < -0.39 is 0 Å². The summed E-state index contributed by atoms with van der Waals surface area (Å²) in [5.41, 5.74) is 1.85. The maximum absolute atomic E-state index is 12.6. The number of amides is 2. The Balaban J connectivity index is 1.56. The Morgan fingerprint density at radius 3 is 2.23 bits per heavy atom. The van der Waals surface area contributed by atoms with E-state index in [0.29, 0.717) is 5.41 Å².